The van der Waals surface area contributed by atoms with Gasteiger partial charge in [0.1, 0.15) is 0 Å². The summed E-state index contributed by atoms with van der Waals surface area (Å²) in [6.07, 6.45) is 2.81. The van der Waals surface area contributed by atoms with Gasteiger partial charge in [0, 0.05) is 13.1 Å². The molecule has 0 aliphatic heterocycles. The summed E-state index contributed by atoms with van der Waals surface area (Å²) in [5, 5.41) is 2.81. The van der Waals surface area contributed by atoms with E-state index in [1.165, 1.54) is 15.4 Å². The van der Waals surface area contributed by atoms with Crippen molar-refractivity contribution in [1.29, 1.82) is 0 Å². The SMILES string of the molecule is Cc1ccc(CCCNC(=O)CN(Cc2ccccc2)S(C)(=O)=O)cc1. The number of amides is 1. The molecule has 0 atom stereocenters. The third kappa shape index (κ3) is 6.98. The number of hydrogen-bond donors (Lipinski definition) is 1. The van der Waals surface area contributed by atoms with Crippen LogP contribution in [0.25, 0.3) is 0 Å². The zero-order chi connectivity index (χ0) is 19.0. The molecule has 0 aliphatic rings. The molecule has 1 amide bonds. The average molecular weight is 375 g/mol. The summed E-state index contributed by atoms with van der Waals surface area (Å²) in [5.74, 6) is -0.282. The van der Waals surface area contributed by atoms with Crippen LogP contribution in [-0.4, -0.2) is 38.0 Å². The third-order valence-corrected chi connectivity index (χ3v) is 5.27. The first-order valence-corrected chi connectivity index (χ1v) is 10.5. The van der Waals surface area contributed by atoms with Crippen molar-refractivity contribution in [3.05, 3.63) is 71.3 Å². The molecule has 5 nitrogen and oxygen atoms in total. The minimum absolute atomic E-state index is 0.168. The van der Waals surface area contributed by atoms with Crippen LogP contribution < -0.4 is 5.32 Å². The Kier molecular flexibility index (Phi) is 7.36. The highest BCUT2D eigenvalue weighted by Gasteiger charge is 2.20. The van der Waals surface area contributed by atoms with E-state index in [1.54, 1.807) is 0 Å². The van der Waals surface area contributed by atoms with Gasteiger partial charge in [0.2, 0.25) is 15.9 Å². The maximum atomic E-state index is 12.1. The summed E-state index contributed by atoms with van der Waals surface area (Å²) in [5.41, 5.74) is 3.30. The summed E-state index contributed by atoms with van der Waals surface area (Å²) in [6, 6.07) is 17.6. The molecule has 0 aliphatic carbocycles. The molecule has 0 unspecified atom stereocenters. The number of nitrogens with zero attached hydrogens (tertiary/aromatic N) is 1. The van der Waals surface area contributed by atoms with Gasteiger partial charge in [-0.3, -0.25) is 4.79 Å². The van der Waals surface area contributed by atoms with E-state index in [-0.39, 0.29) is 19.0 Å². The summed E-state index contributed by atoms with van der Waals surface area (Å²) in [6.45, 7) is 2.59. The van der Waals surface area contributed by atoms with Gasteiger partial charge in [-0.05, 0) is 30.9 Å². The van der Waals surface area contributed by atoms with Gasteiger partial charge in [0.15, 0.2) is 0 Å². The quantitative estimate of drug-likeness (QED) is 0.686. The van der Waals surface area contributed by atoms with Crippen molar-refractivity contribution in [3.63, 3.8) is 0 Å². The molecule has 0 heterocycles. The van der Waals surface area contributed by atoms with Gasteiger partial charge in [-0.2, -0.15) is 4.31 Å². The van der Waals surface area contributed by atoms with E-state index < -0.39 is 10.0 Å². The molecule has 0 spiro atoms. The number of aryl methyl sites for hydroxylation is 2. The van der Waals surface area contributed by atoms with Crippen molar-refractivity contribution in [2.45, 2.75) is 26.3 Å². The van der Waals surface area contributed by atoms with Crippen LogP contribution in [0.15, 0.2) is 54.6 Å². The van der Waals surface area contributed by atoms with Gasteiger partial charge < -0.3 is 5.32 Å². The van der Waals surface area contributed by atoms with Crippen molar-refractivity contribution in [2.75, 3.05) is 19.3 Å². The summed E-state index contributed by atoms with van der Waals surface area (Å²) >= 11 is 0. The molecule has 0 saturated heterocycles. The minimum Gasteiger partial charge on any atom is -0.355 e. The molecule has 2 rings (SSSR count). The maximum Gasteiger partial charge on any atom is 0.235 e. The smallest absolute Gasteiger partial charge is 0.235 e. The number of benzene rings is 2. The van der Waals surface area contributed by atoms with Crippen LogP contribution in [0.4, 0.5) is 0 Å². The first-order valence-electron chi connectivity index (χ1n) is 8.66. The standard InChI is InChI=1S/C20H26N2O3S/c1-17-10-12-18(13-11-17)9-6-14-21-20(23)16-22(26(2,24)25)15-19-7-4-3-5-8-19/h3-5,7-8,10-13H,6,9,14-16H2,1-2H3,(H,21,23). The van der Waals surface area contributed by atoms with Crippen molar-refractivity contribution in [2.24, 2.45) is 0 Å². The number of sulfonamides is 1. The summed E-state index contributed by atoms with van der Waals surface area (Å²) in [4.78, 5) is 12.1. The van der Waals surface area contributed by atoms with Crippen LogP contribution in [0, 0.1) is 6.92 Å². The Morgan fingerprint density at radius 2 is 1.65 bits per heavy atom. The van der Waals surface area contributed by atoms with E-state index >= 15 is 0 Å². The van der Waals surface area contributed by atoms with E-state index in [0.717, 1.165) is 24.7 Å². The van der Waals surface area contributed by atoms with Crippen molar-refractivity contribution < 1.29 is 13.2 Å². The lowest BCUT2D eigenvalue weighted by Gasteiger charge is -2.19. The van der Waals surface area contributed by atoms with Crippen LogP contribution in [0.5, 0.6) is 0 Å². The monoisotopic (exact) mass is 374 g/mol. The number of nitrogens with one attached hydrogen (secondary N) is 1. The molecule has 0 saturated carbocycles. The molecule has 1 N–H and O–H groups in total. The molecule has 26 heavy (non-hydrogen) atoms. The second-order valence-corrected chi connectivity index (χ2v) is 8.44. The molecular formula is C20H26N2O3S. The first kappa shape index (κ1) is 20.1. The molecule has 0 bridgehead atoms. The zero-order valence-electron chi connectivity index (χ0n) is 15.3. The normalized spacial score (nSPS) is 11.5. The Bertz CT molecular complexity index is 803. The van der Waals surface area contributed by atoms with Crippen LogP contribution >= 0.6 is 0 Å². The number of carbonyl (C=O) groups excluding carboxylic acids is 1. The topological polar surface area (TPSA) is 66.5 Å². The molecule has 2 aromatic rings. The summed E-state index contributed by atoms with van der Waals surface area (Å²) in [7, 11) is -3.46. The number of carbonyl (C=O) groups is 1. The van der Waals surface area contributed by atoms with Crippen molar-refractivity contribution in [1.82, 2.24) is 9.62 Å². The van der Waals surface area contributed by atoms with E-state index in [9.17, 15) is 13.2 Å². The second-order valence-electron chi connectivity index (χ2n) is 6.46. The lowest BCUT2D eigenvalue weighted by atomic mass is 10.1. The van der Waals surface area contributed by atoms with Crippen molar-refractivity contribution >= 4 is 15.9 Å². The van der Waals surface area contributed by atoms with Gasteiger partial charge in [-0.15, -0.1) is 0 Å². The van der Waals surface area contributed by atoms with E-state index in [4.69, 9.17) is 0 Å². The van der Waals surface area contributed by atoms with E-state index in [1.807, 2.05) is 37.3 Å². The Balaban J connectivity index is 1.80. The Hall–Kier alpha value is -2.18. The van der Waals surface area contributed by atoms with Gasteiger partial charge in [-0.25, -0.2) is 8.42 Å². The van der Waals surface area contributed by atoms with Crippen LogP contribution in [0.1, 0.15) is 23.1 Å². The highest BCUT2D eigenvalue weighted by atomic mass is 32.2. The number of hydrogen-bond acceptors (Lipinski definition) is 3. The number of rotatable bonds is 9. The molecule has 6 heteroatoms. The Morgan fingerprint density at radius 1 is 1.00 bits per heavy atom. The highest BCUT2D eigenvalue weighted by molar-refractivity contribution is 7.88. The van der Waals surface area contributed by atoms with Crippen molar-refractivity contribution in [3.8, 4) is 0 Å². The van der Waals surface area contributed by atoms with Crippen LogP contribution in [-0.2, 0) is 27.8 Å². The zero-order valence-corrected chi connectivity index (χ0v) is 16.1. The lowest BCUT2D eigenvalue weighted by molar-refractivity contribution is -0.121. The Morgan fingerprint density at radius 3 is 2.27 bits per heavy atom. The molecule has 0 aromatic heterocycles. The van der Waals surface area contributed by atoms with E-state index in [2.05, 4.69) is 29.6 Å². The van der Waals surface area contributed by atoms with E-state index in [0.29, 0.717) is 6.54 Å². The lowest BCUT2D eigenvalue weighted by Crippen LogP contribution is -2.40. The first-order chi connectivity index (χ1) is 12.3. The van der Waals surface area contributed by atoms with Crippen LogP contribution in [0.2, 0.25) is 0 Å². The molecule has 140 valence electrons. The van der Waals surface area contributed by atoms with Gasteiger partial charge in [0.25, 0.3) is 0 Å². The predicted molar refractivity (Wildman–Crippen MR) is 104 cm³/mol. The fourth-order valence-electron chi connectivity index (χ4n) is 2.57. The predicted octanol–water partition coefficient (Wildman–Crippen LogP) is 2.51. The minimum atomic E-state index is -3.46. The fourth-order valence-corrected chi connectivity index (χ4v) is 3.30. The largest absolute Gasteiger partial charge is 0.355 e. The molecular weight excluding hydrogens is 348 g/mol. The third-order valence-electron chi connectivity index (χ3n) is 4.08. The second kappa shape index (κ2) is 9.50. The van der Waals surface area contributed by atoms with Crippen LogP contribution in [0.3, 0.4) is 0 Å². The highest BCUT2D eigenvalue weighted by Crippen LogP contribution is 2.08. The average Bonchev–Trinajstić information content (AvgIpc) is 2.60. The Labute approximate surface area is 156 Å². The van der Waals surface area contributed by atoms with Gasteiger partial charge >= 0.3 is 0 Å². The summed E-state index contributed by atoms with van der Waals surface area (Å²) < 4.78 is 25.1. The molecule has 0 fully saturated rings. The fraction of sp³-hybridized carbons (Fsp3) is 0.350. The molecule has 2 aromatic carbocycles. The van der Waals surface area contributed by atoms with Gasteiger partial charge in [-0.1, -0.05) is 60.2 Å². The molecule has 0 radical (unpaired) electrons. The van der Waals surface area contributed by atoms with Gasteiger partial charge in [0.05, 0.1) is 12.8 Å². The maximum absolute atomic E-state index is 12.1.